The lowest BCUT2D eigenvalue weighted by molar-refractivity contribution is -0.147. The quantitative estimate of drug-likeness (QED) is 0.212. The maximum atomic E-state index is 11.4. The number of esters is 1. The molecular formula is C18H33O6S-. The molecule has 0 saturated heterocycles. The molecule has 1 unspecified atom stereocenters. The Kier molecular flexibility index (Phi) is 17.2. The first-order valence-corrected chi connectivity index (χ1v) is 10.5. The Hall–Kier alpha value is -0.950. The van der Waals surface area contributed by atoms with Gasteiger partial charge >= 0.3 is 11.9 Å². The van der Waals surface area contributed by atoms with Crippen LogP contribution in [0.4, 0.5) is 0 Å². The monoisotopic (exact) mass is 377 g/mol. The van der Waals surface area contributed by atoms with Gasteiger partial charge in [-0.15, -0.1) is 0 Å². The molecule has 0 amide bonds. The Bertz CT molecular complexity index is 373. The van der Waals surface area contributed by atoms with Crippen molar-refractivity contribution in [3.63, 3.8) is 0 Å². The topological polar surface area (TPSA) is 92.7 Å². The van der Waals surface area contributed by atoms with Crippen LogP contribution in [0.2, 0.25) is 0 Å². The highest BCUT2D eigenvalue weighted by Crippen LogP contribution is 2.12. The number of carbonyl (C=O) groups excluding carboxylic acids is 2. The summed E-state index contributed by atoms with van der Waals surface area (Å²) in [4.78, 5) is 22.3. The predicted octanol–water partition coefficient (Wildman–Crippen LogP) is 4.35. The minimum Gasteiger partial charge on any atom is -0.740 e. The molecule has 0 rings (SSSR count). The summed E-state index contributed by atoms with van der Waals surface area (Å²) in [6.45, 7) is 2.58. The zero-order valence-electron chi connectivity index (χ0n) is 15.5. The van der Waals surface area contributed by atoms with E-state index >= 15 is 0 Å². The molecule has 0 fully saturated rings. The maximum Gasteiger partial charge on any atom is 0.319 e. The van der Waals surface area contributed by atoms with E-state index < -0.39 is 23.3 Å². The summed E-state index contributed by atoms with van der Waals surface area (Å²) < 4.78 is 29.1. The van der Waals surface area contributed by atoms with Gasteiger partial charge in [-0.25, -0.2) is 4.21 Å². The third kappa shape index (κ3) is 19.2. The molecule has 0 aromatic rings. The summed E-state index contributed by atoms with van der Waals surface area (Å²) in [5.74, 6) is -1.45. The van der Waals surface area contributed by atoms with Crippen molar-refractivity contribution in [2.45, 2.75) is 96.8 Å². The van der Waals surface area contributed by atoms with E-state index in [2.05, 4.69) is 11.1 Å². The fourth-order valence-electron chi connectivity index (χ4n) is 2.52. The van der Waals surface area contributed by atoms with Gasteiger partial charge in [-0.2, -0.15) is 0 Å². The van der Waals surface area contributed by atoms with Crippen molar-refractivity contribution in [1.82, 2.24) is 0 Å². The molecule has 0 heterocycles. The van der Waals surface area contributed by atoms with E-state index in [1.165, 1.54) is 57.8 Å². The molecule has 6 nitrogen and oxygen atoms in total. The van der Waals surface area contributed by atoms with Crippen LogP contribution >= 0.6 is 0 Å². The second-order valence-electron chi connectivity index (χ2n) is 6.27. The van der Waals surface area contributed by atoms with Crippen LogP contribution in [0.15, 0.2) is 0 Å². The fraction of sp³-hybridized carbons (Fsp3) is 0.889. The molecule has 7 heteroatoms. The minimum absolute atomic E-state index is 0.158. The molecular weight excluding hydrogens is 344 g/mol. The second-order valence-corrected chi connectivity index (χ2v) is 6.84. The number of rotatable bonds is 17. The van der Waals surface area contributed by atoms with E-state index in [-0.39, 0.29) is 12.8 Å². The molecule has 0 aromatic heterocycles. The highest BCUT2D eigenvalue weighted by atomic mass is 32.2. The molecule has 148 valence electrons. The van der Waals surface area contributed by atoms with Crippen LogP contribution < -0.4 is 0 Å². The average Bonchev–Trinajstić information content (AvgIpc) is 2.56. The van der Waals surface area contributed by atoms with Crippen molar-refractivity contribution in [2.24, 2.45) is 0 Å². The average molecular weight is 378 g/mol. The van der Waals surface area contributed by atoms with E-state index in [0.29, 0.717) is 6.61 Å². The smallest absolute Gasteiger partial charge is 0.319 e. The molecule has 0 radical (unpaired) electrons. The molecule has 1 atom stereocenters. The van der Waals surface area contributed by atoms with Gasteiger partial charge in [-0.3, -0.25) is 9.59 Å². The summed E-state index contributed by atoms with van der Waals surface area (Å²) in [6, 6.07) is 0. The summed E-state index contributed by atoms with van der Waals surface area (Å²) in [7, 11) is 0. The highest BCUT2D eigenvalue weighted by Gasteiger charge is 2.09. The van der Waals surface area contributed by atoms with Crippen molar-refractivity contribution < 1.29 is 27.3 Å². The van der Waals surface area contributed by atoms with E-state index in [1.807, 2.05) is 0 Å². The van der Waals surface area contributed by atoms with Gasteiger partial charge in [0.2, 0.25) is 0 Å². The maximum absolute atomic E-state index is 11.4. The predicted molar refractivity (Wildman–Crippen MR) is 96.3 cm³/mol. The van der Waals surface area contributed by atoms with Gasteiger partial charge in [0.05, 0.1) is 19.4 Å². The van der Waals surface area contributed by atoms with Crippen LogP contribution in [0.1, 0.15) is 96.8 Å². The van der Waals surface area contributed by atoms with Crippen molar-refractivity contribution in [3.05, 3.63) is 0 Å². The van der Waals surface area contributed by atoms with Crippen LogP contribution in [0.5, 0.6) is 0 Å². The Morgan fingerprint density at radius 1 is 0.760 bits per heavy atom. The number of unbranched alkanes of at least 4 members (excludes halogenated alkanes) is 11. The first-order chi connectivity index (χ1) is 12.1. The molecule has 25 heavy (non-hydrogen) atoms. The SMILES string of the molecule is CCCCCCCCCCCCCCOC(=O)CCC(=O)OS(=O)[O-]. The number of ether oxygens (including phenoxy) is 1. The molecule has 0 aliphatic carbocycles. The van der Waals surface area contributed by atoms with Crippen molar-refractivity contribution >= 4 is 23.3 Å². The van der Waals surface area contributed by atoms with Crippen molar-refractivity contribution in [1.29, 1.82) is 0 Å². The summed E-state index contributed by atoms with van der Waals surface area (Å²) >= 11 is -2.88. The Morgan fingerprint density at radius 2 is 1.20 bits per heavy atom. The van der Waals surface area contributed by atoms with Gasteiger partial charge < -0.3 is 13.5 Å². The molecule has 0 bridgehead atoms. The van der Waals surface area contributed by atoms with Crippen molar-refractivity contribution in [2.75, 3.05) is 6.61 Å². The lowest BCUT2D eigenvalue weighted by Crippen LogP contribution is -2.11. The first-order valence-electron chi connectivity index (χ1n) is 9.52. The van der Waals surface area contributed by atoms with E-state index in [4.69, 9.17) is 4.74 Å². The van der Waals surface area contributed by atoms with E-state index in [1.54, 1.807) is 0 Å². The van der Waals surface area contributed by atoms with Crippen LogP contribution in [-0.4, -0.2) is 27.3 Å². The van der Waals surface area contributed by atoms with Gasteiger partial charge in [0.25, 0.3) is 0 Å². The van der Waals surface area contributed by atoms with Gasteiger partial charge in [0, 0.05) is 0 Å². The summed E-state index contributed by atoms with van der Waals surface area (Å²) in [5.41, 5.74) is 0. The zero-order chi connectivity index (χ0) is 18.8. The molecule has 0 saturated carbocycles. The Balaban J connectivity index is 3.26. The largest absolute Gasteiger partial charge is 0.740 e. The second kappa shape index (κ2) is 17.9. The van der Waals surface area contributed by atoms with Gasteiger partial charge in [-0.05, 0) is 6.42 Å². The zero-order valence-corrected chi connectivity index (χ0v) is 16.3. The minimum atomic E-state index is -2.88. The molecule has 0 spiro atoms. The first kappa shape index (κ1) is 24.1. The highest BCUT2D eigenvalue weighted by molar-refractivity contribution is 7.74. The van der Waals surface area contributed by atoms with Crippen LogP contribution in [0, 0.1) is 0 Å². The number of carbonyl (C=O) groups is 2. The normalized spacial score (nSPS) is 11.9. The van der Waals surface area contributed by atoms with Gasteiger partial charge in [0.15, 0.2) is 0 Å². The van der Waals surface area contributed by atoms with Crippen LogP contribution in [0.25, 0.3) is 0 Å². The van der Waals surface area contributed by atoms with Gasteiger partial charge in [-0.1, -0.05) is 77.6 Å². The summed E-state index contributed by atoms with van der Waals surface area (Å²) in [5, 5.41) is 0. The van der Waals surface area contributed by atoms with Crippen molar-refractivity contribution in [3.8, 4) is 0 Å². The van der Waals surface area contributed by atoms with E-state index in [9.17, 15) is 18.4 Å². The van der Waals surface area contributed by atoms with Gasteiger partial charge in [0.1, 0.15) is 11.4 Å². The Labute approximate surface area is 154 Å². The standard InChI is InChI=1S/C18H34O6S/c1-2-3-4-5-6-7-8-9-10-11-12-13-16-23-17(19)14-15-18(20)24-25(21)22/h2-16H2,1H3,(H,21,22)/p-1. The lowest BCUT2D eigenvalue weighted by atomic mass is 10.1. The van der Waals surface area contributed by atoms with E-state index in [0.717, 1.165) is 19.3 Å². The fourth-order valence-corrected chi connectivity index (χ4v) is 2.76. The molecule has 0 aliphatic heterocycles. The molecule has 0 aliphatic rings. The number of hydrogen-bond acceptors (Lipinski definition) is 6. The third-order valence-corrected chi connectivity index (χ3v) is 4.28. The van der Waals surface area contributed by atoms with Crippen LogP contribution in [0.3, 0.4) is 0 Å². The molecule has 0 N–H and O–H groups in total. The summed E-state index contributed by atoms with van der Waals surface area (Å²) in [6.07, 6.45) is 14.4. The Morgan fingerprint density at radius 3 is 1.68 bits per heavy atom. The number of hydrogen-bond donors (Lipinski definition) is 0. The lowest BCUT2D eigenvalue weighted by Gasteiger charge is -2.06. The van der Waals surface area contributed by atoms with Crippen LogP contribution in [-0.2, 0) is 29.9 Å². The third-order valence-electron chi connectivity index (χ3n) is 3.96. The molecule has 0 aromatic carbocycles.